The van der Waals surface area contributed by atoms with Crippen LogP contribution in [-0.2, 0) is 13.0 Å². The molecule has 2 aromatic heterocycles. The fourth-order valence-corrected chi connectivity index (χ4v) is 3.59. The van der Waals surface area contributed by atoms with Gasteiger partial charge in [-0.2, -0.15) is 0 Å². The van der Waals surface area contributed by atoms with Gasteiger partial charge >= 0.3 is 0 Å². The van der Waals surface area contributed by atoms with Crippen LogP contribution in [0, 0.1) is 0 Å². The monoisotopic (exact) mass is 338 g/mol. The summed E-state index contributed by atoms with van der Waals surface area (Å²) >= 11 is 6.25. The first-order valence-electron chi connectivity index (χ1n) is 8.07. The van der Waals surface area contributed by atoms with E-state index in [-0.39, 0.29) is 0 Å². The summed E-state index contributed by atoms with van der Waals surface area (Å²) in [5, 5.41) is 2.03. The van der Waals surface area contributed by atoms with Crippen LogP contribution in [0.25, 0.3) is 22.7 Å². The molecule has 1 aromatic carbocycles. The minimum Gasteiger partial charge on any atom is -0.320 e. The Hall–Kier alpha value is -2.17. The van der Waals surface area contributed by atoms with Crippen LogP contribution in [0.1, 0.15) is 23.7 Å². The van der Waals surface area contributed by atoms with E-state index in [1.54, 1.807) is 6.33 Å². The molecule has 0 atom stereocenters. The maximum atomic E-state index is 6.25. The number of allylic oxidation sites excluding steroid dienone is 1. The lowest BCUT2D eigenvalue weighted by Gasteiger charge is -2.23. The zero-order valence-electron chi connectivity index (χ0n) is 13.8. The third-order valence-electron chi connectivity index (χ3n) is 4.68. The Morgan fingerprint density at radius 2 is 2.04 bits per heavy atom. The molecule has 0 amide bonds. The smallest absolute Gasteiger partial charge is 0.115 e. The fourth-order valence-electron chi connectivity index (χ4n) is 3.42. The standard InChI is InChI=1S/C19H19ClN4/c1-13(14-8-21-12-22-9-14)10-24-18-4-3-15(20)7-16(18)17-11-23(2)6-5-19(17)24/h3-4,7-10,12H,5-6,11H2,1-2H3/b13-10+. The zero-order chi connectivity index (χ0) is 16.7. The van der Waals surface area contributed by atoms with Gasteiger partial charge in [0.1, 0.15) is 6.33 Å². The molecule has 0 unspecified atom stereocenters. The SMILES string of the molecule is C/C(=C\n1c2c(c3cc(Cl)ccc31)CN(C)CC2)c1cncnc1. The van der Waals surface area contributed by atoms with Crippen LogP contribution in [0.3, 0.4) is 0 Å². The lowest BCUT2D eigenvalue weighted by Crippen LogP contribution is -2.26. The highest BCUT2D eigenvalue weighted by Crippen LogP contribution is 2.33. The molecule has 0 aliphatic carbocycles. The molecule has 3 aromatic rings. The molecule has 4 nitrogen and oxygen atoms in total. The lowest BCUT2D eigenvalue weighted by atomic mass is 10.1. The molecule has 24 heavy (non-hydrogen) atoms. The van der Waals surface area contributed by atoms with E-state index in [1.807, 2.05) is 18.5 Å². The van der Waals surface area contributed by atoms with Crippen molar-refractivity contribution in [3.05, 3.63) is 58.8 Å². The molecule has 4 rings (SSSR count). The quantitative estimate of drug-likeness (QED) is 0.705. The van der Waals surface area contributed by atoms with Crippen molar-refractivity contribution >= 4 is 34.3 Å². The predicted octanol–water partition coefficient (Wildman–Crippen LogP) is 4.09. The second-order valence-corrected chi connectivity index (χ2v) is 6.82. The molecular weight excluding hydrogens is 320 g/mol. The van der Waals surface area contributed by atoms with Gasteiger partial charge in [0, 0.05) is 59.8 Å². The van der Waals surface area contributed by atoms with Gasteiger partial charge in [0.25, 0.3) is 0 Å². The average molecular weight is 339 g/mol. The van der Waals surface area contributed by atoms with E-state index in [9.17, 15) is 0 Å². The highest BCUT2D eigenvalue weighted by atomic mass is 35.5. The summed E-state index contributed by atoms with van der Waals surface area (Å²) in [6.07, 6.45) is 8.48. The topological polar surface area (TPSA) is 34.0 Å². The van der Waals surface area contributed by atoms with Gasteiger partial charge < -0.3 is 9.47 Å². The van der Waals surface area contributed by atoms with Crippen LogP contribution in [0.2, 0.25) is 5.02 Å². The van der Waals surface area contributed by atoms with E-state index in [4.69, 9.17) is 11.6 Å². The number of hydrogen-bond donors (Lipinski definition) is 0. The van der Waals surface area contributed by atoms with Gasteiger partial charge in [-0.05, 0) is 43.3 Å². The Kier molecular flexibility index (Phi) is 3.87. The molecule has 0 spiro atoms. The molecule has 5 heteroatoms. The van der Waals surface area contributed by atoms with Crippen molar-refractivity contribution < 1.29 is 0 Å². The Morgan fingerprint density at radius 1 is 1.25 bits per heavy atom. The van der Waals surface area contributed by atoms with E-state index >= 15 is 0 Å². The number of benzene rings is 1. The lowest BCUT2D eigenvalue weighted by molar-refractivity contribution is 0.312. The van der Waals surface area contributed by atoms with Crippen LogP contribution in [0.15, 0.2) is 36.9 Å². The van der Waals surface area contributed by atoms with E-state index < -0.39 is 0 Å². The second kappa shape index (κ2) is 6.04. The van der Waals surface area contributed by atoms with Crippen LogP contribution in [0.5, 0.6) is 0 Å². The van der Waals surface area contributed by atoms with Gasteiger partial charge in [-0.15, -0.1) is 0 Å². The summed E-state index contributed by atoms with van der Waals surface area (Å²) in [4.78, 5) is 10.6. The molecule has 1 aliphatic rings. The normalized spacial score (nSPS) is 15.7. The number of likely N-dealkylation sites (N-methyl/N-ethyl adjacent to an activating group) is 1. The first-order chi connectivity index (χ1) is 11.6. The molecule has 0 N–H and O–H groups in total. The minimum atomic E-state index is 0.785. The van der Waals surface area contributed by atoms with Crippen molar-refractivity contribution in [3.8, 4) is 0 Å². The summed E-state index contributed by atoms with van der Waals surface area (Å²) in [5.41, 5.74) is 6.14. The van der Waals surface area contributed by atoms with Crippen molar-refractivity contribution in [2.24, 2.45) is 0 Å². The molecule has 122 valence electrons. The third-order valence-corrected chi connectivity index (χ3v) is 4.91. The first-order valence-corrected chi connectivity index (χ1v) is 8.45. The Bertz CT molecular complexity index is 927. The summed E-state index contributed by atoms with van der Waals surface area (Å²) in [6.45, 7) is 4.13. The van der Waals surface area contributed by atoms with Gasteiger partial charge in [-0.1, -0.05) is 11.6 Å². The van der Waals surface area contributed by atoms with Gasteiger partial charge in [0.05, 0.1) is 5.52 Å². The maximum Gasteiger partial charge on any atom is 0.115 e. The molecule has 0 fully saturated rings. The summed E-state index contributed by atoms with van der Waals surface area (Å²) in [6, 6.07) is 6.16. The molecule has 0 bridgehead atoms. The number of nitrogens with zero attached hydrogens (tertiary/aromatic N) is 4. The summed E-state index contributed by atoms with van der Waals surface area (Å²) in [7, 11) is 2.17. The summed E-state index contributed by atoms with van der Waals surface area (Å²) < 4.78 is 2.32. The van der Waals surface area contributed by atoms with Crippen molar-refractivity contribution in [3.63, 3.8) is 0 Å². The first kappa shape index (κ1) is 15.4. The van der Waals surface area contributed by atoms with Crippen molar-refractivity contribution in [1.29, 1.82) is 0 Å². The van der Waals surface area contributed by atoms with Crippen LogP contribution < -0.4 is 0 Å². The van der Waals surface area contributed by atoms with E-state index in [2.05, 4.69) is 51.7 Å². The van der Waals surface area contributed by atoms with Crippen molar-refractivity contribution in [2.45, 2.75) is 19.9 Å². The highest BCUT2D eigenvalue weighted by molar-refractivity contribution is 6.31. The highest BCUT2D eigenvalue weighted by Gasteiger charge is 2.22. The van der Waals surface area contributed by atoms with Gasteiger partial charge in [-0.3, -0.25) is 0 Å². The number of aromatic nitrogens is 3. The largest absolute Gasteiger partial charge is 0.320 e. The molecule has 0 saturated heterocycles. The predicted molar refractivity (Wildman–Crippen MR) is 98.9 cm³/mol. The van der Waals surface area contributed by atoms with Gasteiger partial charge in [-0.25, -0.2) is 9.97 Å². The van der Waals surface area contributed by atoms with E-state index in [0.717, 1.165) is 35.7 Å². The third kappa shape index (κ3) is 2.62. The Morgan fingerprint density at radius 3 is 2.83 bits per heavy atom. The maximum absolute atomic E-state index is 6.25. The molecule has 1 aliphatic heterocycles. The second-order valence-electron chi connectivity index (χ2n) is 6.38. The number of hydrogen-bond acceptors (Lipinski definition) is 3. The number of fused-ring (bicyclic) bond motifs is 3. The van der Waals surface area contributed by atoms with E-state index in [1.165, 1.54) is 22.2 Å². The van der Waals surface area contributed by atoms with Gasteiger partial charge in [0.15, 0.2) is 0 Å². The molecular formula is C19H19ClN4. The van der Waals surface area contributed by atoms with Crippen LogP contribution in [-0.4, -0.2) is 33.0 Å². The zero-order valence-corrected chi connectivity index (χ0v) is 14.6. The average Bonchev–Trinajstić information content (AvgIpc) is 2.88. The molecule has 3 heterocycles. The fraction of sp³-hybridized carbons (Fsp3) is 0.263. The van der Waals surface area contributed by atoms with Crippen LogP contribution >= 0.6 is 11.6 Å². The molecule has 0 radical (unpaired) electrons. The molecule has 0 saturated carbocycles. The summed E-state index contributed by atoms with van der Waals surface area (Å²) in [5.74, 6) is 0. The van der Waals surface area contributed by atoms with Crippen molar-refractivity contribution in [1.82, 2.24) is 19.4 Å². The van der Waals surface area contributed by atoms with Crippen LogP contribution in [0.4, 0.5) is 0 Å². The Balaban J connectivity index is 1.92. The number of halogens is 1. The van der Waals surface area contributed by atoms with E-state index in [0.29, 0.717) is 0 Å². The van der Waals surface area contributed by atoms with Crippen molar-refractivity contribution in [2.75, 3.05) is 13.6 Å². The number of rotatable bonds is 2. The minimum absolute atomic E-state index is 0.785. The van der Waals surface area contributed by atoms with Gasteiger partial charge in [0.2, 0.25) is 0 Å². The Labute approximate surface area is 146 Å².